The molecule has 3 unspecified atom stereocenters. The van der Waals surface area contributed by atoms with E-state index in [2.05, 4.69) is 22.5 Å². The number of fused-ring (bicyclic) bond motifs is 1. The van der Waals surface area contributed by atoms with E-state index in [0.717, 1.165) is 25.6 Å². The Hall–Kier alpha value is -0.610. The van der Waals surface area contributed by atoms with Crippen molar-refractivity contribution >= 4 is 5.91 Å². The van der Waals surface area contributed by atoms with Gasteiger partial charge in [-0.2, -0.15) is 0 Å². The van der Waals surface area contributed by atoms with Crippen molar-refractivity contribution in [2.45, 2.75) is 63.6 Å². The fourth-order valence-corrected chi connectivity index (χ4v) is 3.99. The lowest BCUT2D eigenvalue weighted by atomic mass is 9.92. The minimum atomic E-state index is 0.0437. The van der Waals surface area contributed by atoms with Gasteiger partial charge in [-0.25, -0.2) is 0 Å². The monoisotopic (exact) mass is 265 g/mol. The zero-order valence-corrected chi connectivity index (χ0v) is 12.0. The average molecular weight is 265 g/mol. The van der Waals surface area contributed by atoms with Crippen molar-refractivity contribution in [3.8, 4) is 0 Å². The molecule has 0 bridgehead atoms. The Morgan fingerprint density at radius 2 is 2.05 bits per heavy atom. The van der Waals surface area contributed by atoms with Crippen LogP contribution in [0.2, 0.25) is 0 Å². The fraction of sp³-hybridized carbons (Fsp3) is 0.933. The smallest absolute Gasteiger partial charge is 0.237 e. The Labute approximate surface area is 116 Å². The van der Waals surface area contributed by atoms with Crippen molar-refractivity contribution in [1.29, 1.82) is 0 Å². The van der Waals surface area contributed by atoms with Crippen LogP contribution in [-0.2, 0) is 4.79 Å². The van der Waals surface area contributed by atoms with Crippen LogP contribution in [0.25, 0.3) is 0 Å². The summed E-state index contributed by atoms with van der Waals surface area (Å²) in [5.41, 5.74) is 0. The molecule has 4 heteroatoms. The van der Waals surface area contributed by atoms with E-state index in [9.17, 15) is 4.79 Å². The van der Waals surface area contributed by atoms with Crippen molar-refractivity contribution in [2.75, 3.05) is 19.6 Å². The molecule has 2 saturated heterocycles. The predicted molar refractivity (Wildman–Crippen MR) is 75.9 cm³/mol. The third-order valence-electron chi connectivity index (χ3n) is 5.32. The molecule has 4 nitrogen and oxygen atoms in total. The largest absolute Gasteiger partial charge is 0.352 e. The average Bonchev–Trinajstić information content (AvgIpc) is 3.07. The molecule has 3 fully saturated rings. The topological polar surface area (TPSA) is 44.4 Å². The number of amides is 1. The lowest BCUT2D eigenvalue weighted by molar-refractivity contribution is -0.127. The summed E-state index contributed by atoms with van der Waals surface area (Å²) in [6, 6.07) is 1.20. The summed E-state index contributed by atoms with van der Waals surface area (Å²) in [5.74, 6) is 1.01. The van der Waals surface area contributed by atoms with Gasteiger partial charge >= 0.3 is 0 Å². The molecule has 0 aromatic rings. The molecule has 1 aliphatic carbocycles. The van der Waals surface area contributed by atoms with E-state index in [1.807, 2.05) is 0 Å². The molecule has 2 N–H and O–H groups in total. The third kappa shape index (κ3) is 2.95. The third-order valence-corrected chi connectivity index (χ3v) is 5.32. The SMILES string of the molecule is CC(C(=O)NC1CCCC1)N1CCC2NCCC2C1. The number of carbonyl (C=O) groups excluding carboxylic acids is 1. The highest BCUT2D eigenvalue weighted by atomic mass is 16.2. The number of nitrogens with one attached hydrogen (secondary N) is 2. The highest BCUT2D eigenvalue weighted by Crippen LogP contribution is 2.26. The second-order valence-electron chi connectivity index (χ2n) is 6.56. The Morgan fingerprint density at radius 3 is 2.84 bits per heavy atom. The Bertz CT molecular complexity index is 327. The summed E-state index contributed by atoms with van der Waals surface area (Å²) < 4.78 is 0. The summed E-state index contributed by atoms with van der Waals surface area (Å²) in [6.07, 6.45) is 7.38. The van der Waals surface area contributed by atoms with Crippen LogP contribution in [0.5, 0.6) is 0 Å². The maximum absolute atomic E-state index is 12.3. The van der Waals surface area contributed by atoms with E-state index in [0.29, 0.717) is 12.1 Å². The van der Waals surface area contributed by atoms with Gasteiger partial charge in [0.2, 0.25) is 5.91 Å². The normalized spacial score (nSPS) is 34.2. The molecular weight excluding hydrogens is 238 g/mol. The lowest BCUT2D eigenvalue weighted by Crippen LogP contribution is -2.53. The van der Waals surface area contributed by atoms with Gasteiger partial charge in [0.15, 0.2) is 0 Å². The molecule has 3 atom stereocenters. The molecule has 1 saturated carbocycles. The van der Waals surface area contributed by atoms with E-state index in [1.54, 1.807) is 0 Å². The van der Waals surface area contributed by atoms with Crippen LogP contribution in [0.3, 0.4) is 0 Å². The van der Waals surface area contributed by atoms with Crippen LogP contribution in [-0.4, -0.2) is 48.6 Å². The molecule has 3 rings (SSSR count). The number of nitrogens with zero attached hydrogens (tertiary/aromatic N) is 1. The fourth-order valence-electron chi connectivity index (χ4n) is 3.99. The number of likely N-dealkylation sites (tertiary alicyclic amines) is 1. The number of rotatable bonds is 3. The van der Waals surface area contributed by atoms with Crippen molar-refractivity contribution in [3.05, 3.63) is 0 Å². The van der Waals surface area contributed by atoms with Crippen molar-refractivity contribution in [3.63, 3.8) is 0 Å². The lowest BCUT2D eigenvalue weighted by Gasteiger charge is -2.38. The molecule has 2 heterocycles. The molecule has 3 aliphatic rings. The predicted octanol–water partition coefficient (Wildman–Crippen LogP) is 1.12. The van der Waals surface area contributed by atoms with Gasteiger partial charge in [-0.3, -0.25) is 9.69 Å². The Morgan fingerprint density at radius 1 is 1.26 bits per heavy atom. The summed E-state index contributed by atoms with van der Waals surface area (Å²) >= 11 is 0. The number of piperidine rings is 1. The Balaban J connectivity index is 1.51. The van der Waals surface area contributed by atoms with Crippen LogP contribution in [0, 0.1) is 5.92 Å². The van der Waals surface area contributed by atoms with Gasteiger partial charge in [-0.05, 0) is 45.1 Å². The van der Waals surface area contributed by atoms with E-state index in [1.165, 1.54) is 38.5 Å². The standard InChI is InChI=1S/C15H27N3O/c1-11(15(19)17-13-4-2-3-5-13)18-9-7-14-12(10-18)6-8-16-14/h11-14,16H,2-10H2,1H3,(H,17,19). The molecule has 2 aliphatic heterocycles. The molecule has 0 aromatic heterocycles. The quantitative estimate of drug-likeness (QED) is 0.804. The molecule has 19 heavy (non-hydrogen) atoms. The maximum atomic E-state index is 12.3. The van der Waals surface area contributed by atoms with E-state index in [-0.39, 0.29) is 11.9 Å². The van der Waals surface area contributed by atoms with Gasteiger partial charge in [-0.15, -0.1) is 0 Å². The second-order valence-corrected chi connectivity index (χ2v) is 6.56. The molecule has 0 radical (unpaired) electrons. The van der Waals surface area contributed by atoms with E-state index in [4.69, 9.17) is 0 Å². The van der Waals surface area contributed by atoms with Crippen LogP contribution < -0.4 is 10.6 Å². The van der Waals surface area contributed by atoms with Crippen LogP contribution in [0.4, 0.5) is 0 Å². The molecule has 1 amide bonds. The summed E-state index contributed by atoms with van der Waals surface area (Å²) in [7, 11) is 0. The Kier molecular flexibility index (Phi) is 4.08. The first kappa shape index (κ1) is 13.4. The molecule has 0 spiro atoms. The van der Waals surface area contributed by atoms with Crippen LogP contribution in [0.15, 0.2) is 0 Å². The molecule has 0 aromatic carbocycles. The van der Waals surface area contributed by atoms with Gasteiger partial charge in [0.25, 0.3) is 0 Å². The number of hydrogen-bond acceptors (Lipinski definition) is 3. The van der Waals surface area contributed by atoms with Gasteiger partial charge in [0.1, 0.15) is 0 Å². The summed E-state index contributed by atoms with van der Waals surface area (Å²) in [4.78, 5) is 14.7. The van der Waals surface area contributed by atoms with Gasteiger partial charge < -0.3 is 10.6 Å². The zero-order valence-electron chi connectivity index (χ0n) is 12.0. The molecular formula is C15H27N3O. The minimum Gasteiger partial charge on any atom is -0.352 e. The number of hydrogen-bond donors (Lipinski definition) is 2. The van der Waals surface area contributed by atoms with Crippen molar-refractivity contribution in [2.24, 2.45) is 5.92 Å². The van der Waals surface area contributed by atoms with Crippen molar-refractivity contribution in [1.82, 2.24) is 15.5 Å². The van der Waals surface area contributed by atoms with Gasteiger partial charge in [0.05, 0.1) is 6.04 Å². The minimum absolute atomic E-state index is 0.0437. The van der Waals surface area contributed by atoms with Gasteiger partial charge in [-0.1, -0.05) is 12.8 Å². The highest BCUT2D eigenvalue weighted by Gasteiger charge is 2.35. The van der Waals surface area contributed by atoms with Crippen molar-refractivity contribution < 1.29 is 4.79 Å². The second kappa shape index (κ2) is 5.80. The maximum Gasteiger partial charge on any atom is 0.237 e. The van der Waals surface area contributed by atoms with Crippen LogP contribution >= 0.6 is 0 Å². The first-order valence-electron chi connectivity index (χ1n) is 8.02. The first-order valence-corrected chi connectivity index (χ1v) is 8.02. The highest BCUT2D eigenvalue weighted by molar-refractivity contribution is 5.81. The van der Waals surface area contributed by atoms with Crippen LogP contribution in [0.1, 0.15) is 45.4 Å². The zero-order chi connectivity index (χ0) is 13.2. The number of carbonyl (C=O) groups is 1. The molecule has 108 valence electrons. The summed E-state index contributed by atoms with van der Waals surface area (Å²) in [5, 5.41) is 6.82. The van der Waals surface area contributed by atoms with Gasteiger partial charge in [0, 0.05) is 25.2 Å². The summed E-state index contributed by atoms with van der Waals surface area (Å²) in [6.45, 7) is 5.39. The van der Waals surface area contributed by atoms with E-state index < -0.39 is 0 Å². The van der Waals surface area contributed by atoms with E-state index >= 15 is 0 Å². The first-order chi connectivity index (χ1) is 9.24.